The van der Waals surface area contributed by atoms with E-state index in [0.29, 0.717) is 26.2 Å². The van der Waals surface area contributed by atoms with Crippen LogP contribution in [0.5, 0.6) is 0 Å². The molecule has 2 N–H and O–H groups in total. The number of rotatable bonds is 7. The van der Waals surface area contributed by atoms with E-state index < -0.39 is 11.9 Å². The lowest BCUT2D eigenvalue weighted by atomic mass is 10.1. The van der Waals surface area contributed by atoms with Crippen LogP contribution < -0.4 is 10.6 Å². The number of esters is 2. The zero-order chi connectivity index (χ0) is 21.2. The number of anilines is 1. The second kappa shape index (κ2) is 10.8. The van der Waals surface area contributed by atoms with Crippen LogP contribution in [0, 0.1) is 11.3 Å². The topological polar surface area (TPSA) is 109 Å². The number of benzene rings is 1. The Morgan fingerprint density at radius 1 is 1.07 bits per heavy atom. The number of ether oxygens (including phenoxy) is 2. The minimum Gasteiger partial charge on any atom is -0.462 e. The molecule has 8 nitrogen and oxygen atoms in total. The van der Waals surface area contributed by atoms with Crippen molar-refractivity contribution in [3.05, 3.63) is 53.4 Å². The van der Waals surface area contributed by atoms with Gasteiger partial charge >= 0.3 is 11.9 Å². The van der Waals surface area contributed by atoms with Gasteiger partial charge in [0.1, 0.15) is 23.0 Å². The van der Waals surface area contributed by atoms with E-state index in [1.54, 1.807) is 19.9 Å². The molecule has 29 heavy (non-hydrogen) atoms. The van der Waals surface area contributed by atoms with E-state index in [1.807, 2.05) is 35.2 Å². The molecule has 0 atom stereocenters. The maximum Gasteiger partial charge on any atom is 0.348 e. The van der Waals surface area contributed by atoms with E-state index in [4.69, 9.17) is 15.2 Å². The summed E-state index contributed by atoms with van der Waals surface area (Å²) in [5, 5.41) is 9.28. The first-order valence-corrected chi connectivity index (χ1v) is 9.52. The second-order valence-electron chi connectivity index (χ2n) is 6.22. The van der Waals surface area contributed by atoms with Crippen molar-refractivity contribution in [1.82, 2.24) is 4.90 Å². The van der Waals surface area contributed by atoms with Crippen molar-refractivity contribution in [2.45, 2.75) is 13.8 Å². The Bertz CT molecular complexity index is 819. The van der Waals surface area contributed by atoms with Gasteiger partial charge in [-0.25, -0.2) is 9.59 Å². The molecular weight excluding hydrogens is 372 g/mol. The summed E-state index contributed by atoms with van der Waals surface area (Å²) in [4.78, 5) is 28.5. The highest BCUT2D eigenvalue weighted by molar-refractivity contribution is 5.99. The van der Waals surface area contributed by atoms with Crippen molar-refractivity contribution in [3.63, 3.8) is 0 Å². The number of nitrogens with two attached hydrogens (primary N) is 1. The molecule has 0 bridgehead atoms. The van der Waals surface area contributed by atoms with Gasteiger partial charge in [-0.15, -0.1) is 0 Å². The van der Waals surface area contributed by atoms with Crippen LogP contribution in [0.4, 0.5) is 5.69 Å². The Labute approximate surface area is 170 Å². The Morgan fingerprint density at radius 2 is 1.66 bits per heavy atom. The van der Waals surface area contributed by atoms with Crippen LogP contribution in [-0.2, 0) is 19.1 Å². The molecule has 0 unspecified atom stereocenters. The molecule has 0 aromatic heterocycles. The van der Waals surface area contributed by atoms with Gasteiger partial charge in [-0.05, 0) is 32.1 Å². The van der Waals surface area contributed by atoms with Crippen LogP contribution in [0.3, 0.4) is 0 Å². The fourth-order valence-corrected chi connectivity index (χ4v) is 2.95. The molecule has 1 heterocycles. The lowest BCUT2D eigenvalue weighted by molar-refractivity contribution is -0.138. The van der Waals surface area contributed by atoms with Crippen LogP contribution in [0.1, 0.15) is 13.8 Å². The summed E-state index contributed by atoms with van der Waals surface area (Å²) in [6, 6.07) is 11.8. The van der Waals surface area contributed by atoms with Gasteiger partial charge in [0, 0.05) is 31.9 Å². The van der Waals surface area contributed by atoms with Crippen molar-refractivity contribution < 1.29 is 19.1 Å². The maximum atomic E-state index is 12.4. The molecule has 1 aliphatic heterocycles. The van der Waals surface area contributed by atoms with Crippen molar-refractivity contribution in [2.24, 2.45) is 5.73 Å². The zero-order valence-corrected chi connectivity index (χ0v) is 16.8. The van der Waals surface area contributed by atoms with Crippen molar-refractivity contribution in [1.29, 1.82) is 5.26 Å². The van der Waals surface area contributed by atoms with E-state index in [9.17, 15) is 14.9 Å². The Hall–Kier alpha value is -3.47. The van der Waals surface area contributed by atoms with E-state index >= 15 is 0 Å². The smallest absolute Gasteiger partial charge is 0.348 e. The molecule has 2 rings (SSSR count). The number of hydrogen-bond donors (Lipinski definition) is 1. The summed E-state index contributed by atoms with van der Waals surface area (Å²) in [6.45, 7) is 6.17. The fourth-order valence-electron chi connectivity index (χ4n) is 2.95. The standard InChI is InChI=1S/C21H26N4O4/c1-3-28-20(26)16(15-22)14-18(21(27)29-4-2)19(23)25-12-10-24(11-13-25)17-8-6-5-7-9-17/h5-9,14H,3-4,10-13,23H2,1-2H3/b16-14+,19-18?. The number of para-hydroxylation sites is 1. The maximum absolute atomic E-state index is 12.4. The molecule has 0 amide bonds. The van der Waals surface area contributed by atoms with Crippen LogP contribution in [0.2, 0.25) is 0 Å². The molecule has 1 aliphatic rings. The van der Waals surface area contributed by atoms with Gasteiger partial charge in [-0.2, -0.15) is 5.26 Å². The third-order valence-corrected chi connectivity index (χ3v) is 4.42. The summed E-state index contributed by atoms with van der Waals surface area (Å²) in [5.41, 5.74) is 7.06. The first-order chi connectivity index (χ1) is 14.0. The number of nitriles is 1. The first-order valence-electron chi connectivity index (χ1n) is 9.52. The second-order valence-corrected chi connectivity index (χ2v) is 6.22. The third-order valence-electron chi connectivity index (χ3n) is 4.42. The number of nitrogens with zero attached hydrogens (tertiary/aromatic N) is 3. The van der Waals surface area contributed by atoms with Gasteiger partial charge in [0.2, 0.25) is 0 Å². The SMILES string of the molecule is CCOC(=O)C(/C=C(\C#N)C(=O)OCC)=C(N)N1CCN(c2ccccc2)CC1. The lowest BCUT2D eigenvalue weighted by Gasteiger charge is -2.37. The minimum atomic E-state index is -0.807. The van der Waals surface area contributed by atoms with Gasteiger partial charge in [0.15, 0.2) is 0 Å². The normalized spacial score (nSPS) is 15.3. The Kier molecular flexibility index (Phi) is 8.10. The molecular formula is C21H26N4O4. The Morgan fingerprint density at radius 3 is 2.21 bits per heavy atom. The quantitative estimate of drug-likeness (QED) is 0.319. The highest BCUT2D eigenvalue weighted by Crippen LogP contribution is 2.19. The number of piperazine rings is 1. The zero-order valence-electron chi connectivity index (χ0n) is 16.8. The summed E-state index contributed by atoms with van der Waals surface area (Å²) >= 11 is 0. The summed E-state index contributed by atoms with van der Waals surface area (Å²) in [6.07, 6.45) is 1.15. The molecule has 0 saturated carbocycles. The van der Waals surface area contributed by atoms with Crippen LogP contribution in [0.15, 0.2) is 53.4 Å². The molecule has 1 aromatic rings. The molecule has 1 aromatic carbocycles. The van der Waals surface area contributed by atoms with E-state index in [0.717, 1.165) is 11.8 Å². The van der Waals surface area contributed by atoms with Crippen LogP contribution in [-0.4, -0.2) is 56.2 Å². The highest BCUT2D eigenvalue weighted by atomic mass is 16.5. The molecule has 154 valence electrons. The number of carbonyl (C=O) groups is 2. The number of hydrogen-bond acceptors (Lipinski definition) is 8. The molecule has 0 spiro atoms. The van der Waals surface area contributed by atoms with Crippen molar-refractivity contribution in [2.75, 3.05) is 44.3 Å². The number of carbonyl (C=O) groups excluding carboxylic acids is 2. The van der Waals surface area contributed by atoms with E-state index in [1.165, 1.54) is 0 Å². The monoisotopic (exact) mass is 398 g/mol. The van der Waals surface area contributed by atoms with Crippen molar-refractivity contribution >= 4 is 17.6 Å². The highest BCUT2D eigenvalue weighted by Gasteiger charge is 2.24. The molecule has 0 radical (unpaired) electrons. The van der Waals surface area contributed by atoms with E-state index in [2.05, 4.69) is 4.90 Å². The van der Waals surface area contributed by atoms with Crippen molar-refractivity contribution in [3.8, 4) is 6.07 Å². The molecule has 8 heteroatoms. The minimum absolute atomic E-state index is 0.0235. The van der Waals surface area contributed by atoms with E-state index in [-0.39, 0.29) is 30.2 Å². The summed E-state index contributed by atoms with van der Waals surface area (Å²) in [7, 11) is 0. The van der Waals surface area contributed by atoms with Gasteiger partial charge in [0.25, 0.3) is 0 Å². The summed E-state index contributed by atoms with van der Waals surface area (Å²) in [5.74, 6) is -1.32. The lowest BCUT2D eigenvalue weighted by Crippen LogP contribution is -2.48. The molecule has 0 aliphatic carbocycles. The third kappa shape index (κ3) is 5.75. The first kappa shape index (κ1) is 21.8. The van der Waals surface area contributed by atoms with Gasteiger partial charge in [-0.1, -0.05) is 18.2 Å². The average molecular weight is 398 g/mol. The van der Waals surface area contributed by atoms with Crippen LogP contribution >= 0.6 is 0 Å². The predicted octanol–water partition coefficient (Wildman–Crippen LogP) is 1.56. The van der Waals surface area contributed by atoms with Gasteiger partial charge in [-0.3, -0.25) is 0 Å². The van der Waals surface area contributed by atoms with Gasteiger partial charge in [0.05, 0.1) is 13.2 Å². The predicted molar refractivity (Wildman–Crippen MR) is 108 cm³/mol. The molecule has 1 saturated heterocycles. The summed E-state index contributed by atoms with van der Waals surface area (Å²) < 4.78 is 9.93. The van der Waals surface area contributed by atoms with Gasteiger partial charge < -0.3 is 25.0 Å². The Balaban J connectivity index is 2.25. The fraction of sp³-hybridized carbons (Fsp3) is 0.381. The average Bonchev–Trinajstić information content (AvgIpc) is 2.75. The van der Waals surface area contributed by atoms with Crippen LogP contribution in [0.25, 0.3) is 0 Å². The largest absolute Gasteiger partial charge is 0.462 e. The molecule has 1 fully saturated rings.